The highest BCUT2D eigenvalue weighted by molar-refractivity contribution is 5.84. The van der Waals surface area contributed by atoms with E-state index in [1.807, 2.05) is 41.0 Å². The van der Waals surface area contributed by atoms with E-state index in [1.54, 1.807) is 12.7 Å². The molecule has 25 heavy (non-hydrogen) atoms. The molecule has 0 aliphatic rings. The fraction of sp³-hybridized carbons (Fsp3) is 0.150. The highest BCUT2D eigenvalue weighted by Crippen LogP contribution is 2.26. The lowest BCUT2D eigenvalue weighted by Crippen LogP contribution is -2.11. The summed E-state index contributed by atoms with van der Waals surface area (Å²) in [6.07, 6.45) is 4.34. The third-order valence-electron chi connectivity index (χ3n) is 4.29. The van der Waals surface area contributed by atoms with Crippen LogP contribution >= 0.6 is 0 Å². The molecule has 0 amide bonds. The van der Waals surface area contributed by atoms with Gasteiger partial charge in [-0.3, -0.25) is 4.57 Å². The van der Waals surface area contributed by atoms with E-state index < -0.39 is 0 Å². The fourth-order valence-corrected chi connectivity index (χ4v) is 2.99. The number of nitrogens with one attached hydrogen (secondary N) is 1. The summed E-state index contributed by atoms with van der Waals surface area (Å²) in [6, 6.07) is 20.7. The number of benzene rings is 2. The third-order valence-corrected chi connectivity index (χ3v) is 4.29. The van der Waals surface area contributed by atoms with Crippen LogP contribution in [0.5, 0.6) is 0 Å². The molecule has 2 aromatic heterocycles. The molecule has 2 aromatic carbocycles. The van der Waals surface area contributed by atoms with E-state index in [4.69, 9.17) is 0 Å². The summed E-state index contributed by atoms with van der Waals surface area (Å²) in [5.41, 5.74) is 3.84. The zero-order chi connectivity index (χ0) is 17.1. The Morgan fingerprint density at radius 3 is 2.36 bits per heavy atom. The minimum atomic E-state index is 0.182. The lowest BCUT2D eigenvalue weighted by Gasteiger charge is -2.18. The molecule has 0 unspecified atom stereocenters. The molecular formula is C20H19N5. The number of rotatable bonds is 5. The van der Waals surface area contributed by atoms with Crippen LogP contribution in [0.2, 0.25) is 0 Å². The fourth-order valence-electron chi connectivity index (χ4n) is 2.99. The van der Waals surface area contributed by atoms with E-state index in [0.29, 0.717) is 0 Å². The van der Waals surface area contributed by atoms with Gasteiger partial charge in [0.15, 0.2) is 17.0 Å². The zero-order valence-electron chi connectivity index (χ0n) is 14.0. The maximum atomic E-state index is 4.55. The first-order chi connectivity index (χ1) is 12.4. The quantitative estimate of drug-likeness (QED) is 0.590. The Morgan fingerprint density at radius 2 is 1.64 bits per heavy atom. The zero-order valence-corrected chi connectivity index (χ0v) is 14.0. The molecule has 0 saturated carbocycles. The molecule has 5 nitrogen and oxygen atoms in total. The maximum Gasteiger partial charge on any atom is 0.170 e. The molecule has 4 aromatic rings. The smallest absolute Gasteiger partial charge is 0.170 e. The largest absolute Gasteiger partial charge is 0.361 e. The molecule has 5 heteroatoms. The number of hydrogen-bond acceptors (Lipinski definition) is 4. The first kappa shape index (κ1) is 15.3. The van der Waals surface area contributed by atoms with Crippen LogP contribution in [0.1, 0.15) is 24.9 Å². The van der Waals surface area contributed by atoms with Gasteiger partial charge in [0.25, 0.3) is 0 Å². The monoisotopic (exact) mass is 329 g/mol. The van der Waals surface area contributed by atoms with E-state index in [2.05, 4.69) is 51.5 Å². The van der Waals surface area contributed by atoms with Crippen LogP contribution in [0.25, 0.3) is 16.9 Å². The van der Waals surface area contributed by atoms with Crippen molar-refractivity contribution in [1.29, 1.82) is 0 Å². The SMILES string of the molecule is CC[C@@H](Nc1ncnc2c1ncn2-c1ccccc1)c1ccccc1. The molecule has 124 valence electrons. The third kappa shape index (κ3) is 2.96. The van der Waals surface area contributed by atoms with E-state index in [0.717, 1.165) is 29.1 Å². The second kappa shape index (κ2) is 6.73. The highest BCUT2D eigenvalue weighted by Gasteiger charge is 2.15. The Morgan fingerprint density at radius 1 is 0.920 bits per heavy atom. The minimum Gasteiger partial charge on any atom is -0.361 e. The van der Waals surface area contributed by atoms with Crippen LogP contribution in [-0.4, -0.2) is 19.5 Å². The number of hydrogen-bond donors (Lipinski definition) is 1. The Hall–Kier alpha value is -3.21. The van der Waals surface area contributed by atoms with Gasteiger partial charge < -0.3 is 5.32 Å². The molecule has 1 N–H and O–H groups in total. The number of anilines is 1. The molecular weight excluding hydrogens is 310 g/mol. The lowest BCUT2D eigenvalue weighted by atomic mass is 10.0. The summed E-state index contributed by atoms with van der Waals surface area (Å²) in [5.74, 6) is 0.760. The predicted octanol–water partition coefficient (Wildman–Crippen LogP) is 4.38. The predicted molar refractivity (Wildman–Crippen MR) is 99.8 cm³/mol. The standard InChI is InChI=1S/C20H19N5/c1-2-17(15-9-5-3-6-10-15)24-19-18-20(22-13-21-19)25(14-23-18)16-11-7-4-8-12-16/h3-14,17H,2H2,1H3,(H,21,22,24)/t17-/m1/s1. The van der Waals surface area contributed by atoms with Gasteiger partial charge in [0.1, 0.15) is 12.7 Å². The van der Waals surface area contributed by atoms with Crippen LogP contribution in [-0.2, 0) is 0 Å². The van der Waals surface area contributed by atoms with E-state index in [9.17, 15) is 0 Å². The van der Waals surface area contributed by atoms with Gasteiger partial charge in [-0.15, -0.1) is 0 Å². The van der Waals surface area contributed by atoms with Crippen LogP contribution in [0.4, 0.5) is 5.82 Å². The summed E-state index contributed by atoms with van der Waals surface area (Å²) in [7, 11) is 0. The van der Waals surface area contributed by atoms with Crippen LogP contribution in [0, 0.1) is 0 Å². The molecule has 0 saturated heterocycles. The number of aromatic nitrogens is 4. The van der Waals surface area contributed by atoms with Crippen LogP contribution in [0.15, 0.2) is 73.3 Å². The summed E-state index contributed by atoms with van der Waals surface area (Å²) < 4.78 is 1.98. The first-order valence-electron chi connectivity index (χ1n) is 8.41. The summed E-state index contributed by atoms with van der Waals surface area (Å²) in [6.45, 7) is 2.16. The molecule has 0 bridgehead atoms. The molecule has 0 spiro atoms. The number of fused-ring (bicyclic) bond motifs is 1. The lowest BCUT2D eigenvalue weighted by molar-refractivity contribution is 0.745. The minimum absolute atomic E-state index is 0.182. The van der Waals surface area contributed by atoms with Crippen LogP contribution < -0.4 is 5.32 Å². The summed E-state index contributed by atoms with van der Waals surface area (Å²) >= 11 is 0. The van der Waals surface area contributed by atoms with Gasteiger partial charge in [0, 0.05) is 5.69 Å². The van der Waals surface area contributed by atoms with Gasteiger partial charge in [-0.05, 0) is 24.1 Å². The number of imidazole rings is 1. The van der Waals surface area contributed by atoms with Crippen LogP contribution in [0.3, 0.4) is 0 Å². The topological polar surface area (TPSA) is 55.6 Å². The van der Waals surface area contributed by atoms with E-state index in [-0.39, 0.29) is 6.04 Å². The van der Waals surface area contributed by atoms with Crippen molar-refractivity contribution in [2.75, 3.05) is 5.32 Å². The van der Waals surface area contributed by atoms with Crippen molar-refractivity contribution in [1.82, 2.24) is 19.5 Å². The maximum absolute atomic E-state index is 4.55. The Kier molecular flexibility index (Phi) is 4.12. The number of nitrogens with zero attached hydrogens (tertiary/aromatic N) is 4. The summed E-state index contributed by atoms with van der Waals surface area (Å²) in [4.78, 5) is 13.4. The van der Waals surface area contributed by atoms with Crippen molar-refractivity contribution < 1.29 is 0 Å². The average Bonchev–Trinajstić information content (AvgIpc) is 3.12. The Labute approximate surface area is 146 Å². The first-order valence-corrected chi connectivity index (χ1v) is 8.41. The molecule has 0 aliphatic heterocycles. The Bertz CT molecular complexity index is 963. The molecule has 0 aliphatic carbocycles. The van der Waals surface area contributed by atoms with Gasteiger partial charge in [-0.1, -0.05) is 55.5 Å². The molecule has 0 radical (unpaired) electrons. The summed E-state index contributed by atoms with van der Waals surface area (Å²) in [5, 5.41) is 3.53. The number of para-hydroxylation sites is 1. The van der Waals surface area contributed by atoms with Crippen molar-refractivity contribution >= 4 is 17.0 Å². The van der Waals surface area contributed by atoms with Gasteiger partial charge >= 0.3 is 0 Å². The second-order valence-electron chi connectivity index (χ2n) is 5.86. The normalized spacial score (nSPS) is 12.2. The van der Waals surface area contributed by atoms with Crippen molar-refractivity contribution in [3.05, 3.63) is 78.9 Å². The van der Waals surface area contributed by atoms with Gasteiger partial charge in [-0.25, -0.2) is 15.0 Å². The molecule has 4 rings (SSSR count). The van der Waals surface area contributed by atoms with Crippen molar-refractivity contribution in [2.45, 2.75) is 19.4 Å². The van der Waals surface area contributed by atoms with Gasteiger partial charge in [0.2, 0.25) is 0 Å². The molecule has 0 fully saturated rings. The van der Waals surface area contributed by atoms with Gasteiger partial charge in [0.05, 0.1) is 6.04 Å². The van der Waals surface area contributed by atoms with E-state index in [1.165, 1.54) is 5.56 Å². The van der Waals surface area contributed by atoms with Crippen molar-refractivity contribution in [3.8, 4) is 5.69 Å². The second-order valence-corrected chi connectivity index (χ2v) is 5.86. The molecule has 2 heterocycles. The average molecular weight is 329 g/mol. The molecule has 1 atom stereocenters. The van der Waals surface area contributed by atoms with E-state index >= 15 is 0 Å². The van der Waals surface area contributed by atoms with Gasteiger partial charge in [-0.2, -0.15) is 0 Å². The van der Waals surface area contributed by atoms with Crippen molar-refractivity contribution in [2.24, 2.45) is 0 Å². The van der Waals surface area contributed by atoms with Crippen molar-refractivity contribution in [3.63, 3.8) is 0 Å². The Balaban J connectivity index is 1.72. The highest BCUT2D eigenvalue weighted by atomic mass is 15.2.